The maximum Gasteiger partial charge on any atom is 0.255 e. The van der Waals surface area contributed by atoms with Gasteiger partial charge in [-0.15, -0.1) is 0 Å². The second-order valence-electron chi connectivity index (χ2n) is 10.4. The van der Waals surface area contributed by atoms with Gasteiger partial charge < -0.3 is 19.9 Å². The monoisotopic (exact) mass is 530 g/mol. The first-order chi connectivity index (χ1) is 18.1. The van der Waals surface area contributed by atoms with Crippen LogP contribution in [-0.4, -0.2) is 57.1 Å². The molecule has 8 nitrogen and oxygen atoms in total. The van der Waals surface area contributed by atoms with Gasteiger partial charge in [0.05, 0.1) is 24.0 Å². The first-order valence-electron chi connectivity index (χ1n) is 12.6. The van der Waals surface area contributed by atoms with Crippen molar-refractivity contribution in [3.05, 3.63) is 52.8 Å². The number of imide groups is 1. The fraction of sp³-hybridized carbons (Fsp3) is 0.444. The molecule has 38 heavy (non-hydrogen) atoms. The fourth-order valence-electron chi connectivity index (χ4n) is 5.55. The summed E-state index contributed by atoms with van der Waals surface area (Å²) in [5.74, 6) is -3.75. The predicted octanol–water partition coefficient (Wildman–Crippen LogP) is 3.06. The van der Waals surface area contributed by atoms with E-state index in [1.807, 2.05) is 9.80 Å². The Kier molecular flexibility index (Phi) is 6.70. The molecule has 2 aromatic rings. The third-order valence-electron chi connectivity index (χ3n) is 7.87. The molecule has 2 aromatic carbocycles. The van der Waals surface area contributed by atoms with Crippen LogP contribution in [0.4, 0.5) is 24.5 Å². The van der Waals surface area contributed by atoms with Gasteiger partial charge in [0.15, 0.2) is 11.6 Å². The van der Waals surface area contributed by atoms with Gasteiger partial charge in [-0.25, -0.2) is 13.2 Å². The van der Waals surface area contributed by atoms with E-state index in [1.54, 1.807) is 12.1 Å². The second-order valence-corrected chi connectivity index (χ2v) is 10.4. The van der Waals surface area contributed by atoms with Crippen LogP contribution in [0.5, 0.6) is 5.75 Å². The molecule has 0 radical (unpaired) electrons. The number of nitrogens with one attached hydrogen (secondary N) is 2. The first kappa shape index (κ1) is 25.9. The van der Waals surface area contributed by atoms with E-state index in [1.165, 1.54) is 20.1 Å². The largest absolute Gasteiger partial charge is 0.496 e. The van der Waals surface area contributed by atoms with Crippen molar-refractivity contribution in [3.63, 3.8) is 0 Å². The quantitative estimate of drug-likeness (QED) is 0.578. The molecule has 3 saturated heterocycles. The van der Waals surface area contributed by atoms with E-state index in [2.05, 4.69) is 10.6 Å². The minimum absolute atomic E-state index is 0.0469. The highest BCUT2D eigenvalue weighted by molar-refractivity contribution is 6.04. The van der Waals surface area contributed by atoms with Gasteiger partial charge in [0, 0.05) is 44.1 Å². The van der Waals surface area contributed by atoms with Crippen LogP contribution >= 0.6 is 0 Å². The van der Waals surface area contributed by atoms with Gasteiger partial charge in [-0.05, 0) is 43.9 Å². The Hall–Kier alpha value is -3.76. The molecule has 3 amide bonds. The minimum atomic E-state index is -0.890. The molecule has 5 rings (SSSR count). The molecule has 3 aliphatic rings. The normalized spacial score (nSPS) is 20.7. The number of carbonyl (C=O) groups is 3. The van der Waals surface area contributed by atoms with Crippen molar-refractivity contribution >= 4 is 29.1 Å². The number of methoxy groups -OCH3 is 1. The Labute approximate surface area is 218 Å². The third kappa shape index (κ3) is 4.65. The first-order valence-corrected chi connectivity index (χ1v) is 12.6. The molecule has 0 saturated carbocycles. The van der Waals surface area contributed by atoms with E-state index in [-0.39, 0.29) is 40.8 Å². The number of hydrogen-bond acceptors (Lipinski definition) is 6. The Morgan fingerprint density at radius 3 is 2.42 bits per heavy atom. The SMILES string of the molecule is COc1cc(N2CC3(CCN(c4ccc(C)c(F)c4F)CC3)C2)c(F)cc1C(=O)NC1CCC(=O)NC1=O. The number of amides is 3. The zero-order valence-corrected chi connectivity index (χ0v) is 21.2. The van der Waals surface area contributed by atoms with Gasteiger partial charge in [-0.2, -0.15) is 0 Å². The average Bonchev–Trinajstić information content (AvgIpc) is 2.88. The third-order valence-corrected chi connectivity index (χ3v) is 7.87. The number of ether oxygens (including phenoxy) is 1. The van der Waals surface area contributed by atoms with Crippen molar-refractivity contribution in [1.29, 1.82) is 0 Å². The standard InChI is InChI=1S/C27H29F3N4O4/c1-15-3-5-19(24(30)23(15)29)33-9-7-27(8-10-33)13-34(14-27)20-12-21(38-2)16(11-17(20)28)25(36)31-18-4-6-22(35)32-26(18)37/h3,5,11-12,18H,4,6-10,13-14H2,1-2H3,(H,31,36)(H,32,35,37). The van der Waals surface area contributed by atoms with Gasteiger partial charge in [-0.3, -0.25) is 19.7 Å². The number of halogens is 3. The van der Waals surface area contributed by atoms with Crippen LogP contribution < -0.4 is 25.2 Å². The van der Waals surface area contributed by atoms with Gasteiger partial charge in [0.25, 0.3) is 5.91 Å². The molecule has 3 heterocycles. The van der Waals surface area contributed by atoms with Crippen LogP contribution in [0.15, 0.2) is 24.3 Å². The number of benzene rings is 2. The summed E-state index contributed by atoms with van der Waals surface area (Å²) in [6.45, 7) is 3.85. The highest BCUT2D eigenvalue weighted by atomic mass is 19.2. The van der Waals surface area contributed by atoms with E-state index < -0.39 is 41.2 Å². The van der Waals surface area contributed by atoms with Gasteiger partial charge >= 0.3 is 0 Å². The Morgan fingerprint density at radius 2 is 1.76 bits per heavy atom. The average molecular weight is 531 g/mol. The van der Waals surface area contributed by atoms with E-state index in [4.69, 9.17) is 4.74 Å². The van der Waals surface area contributed by atoms with Gasteiger partial charge in [0.2, 0.25) is 11.8 Å². The van der Waals surface area contributed by atoms with Crippen molar-refractivity contribution in [2.24, 2.45) is 5.41 Å². The van der Waals surface area contributed by atoms with Crippen molar-refractivity contribution in [1.82, 2.24) is 10.6 Å². The van der Waals surface area contributed by atoms with Crippen LogP contribution in [0.3, 0.4) is 0 Å². The number of anilines is 2. The Balaban J connectivity index is 1.24. The molecular weight excluding hydrogens is 501 g/mol. The van der Waals surface area contributed by atoms with Crippen molar-refractivity contribution < 1.29 is 32.3 Å². The molecule has 11 heteroatoms. The van der Waals surface area contributed by atoms with Gasteiger partial charge in [0.1, 0.15) is 17.6 Å². The maximum atomic E-state index is 15.2. The summed E-state index contributed by atoms with van der Waals surface area (Å²) in [6, 6.07) is 4.87. The lowest BCUT2D eigenvalue weighted by atomic mass is 9.71. The van der Waals surface area contributed by atoms with Gasteiger partial charge in [-0.1, -0.05) is 6.07 Å². The number of nitrogens with zero attached hydrogens (tertiary/aromatic N) is 2. The molecule has 2 N–H and O–H groups in total. The molecule has 1 atom stereocenters. The summed E-state index contributed by atoms with van der Waals surface area (Å²) in [5, 5.41) is 4.71. The van der Waals surface area contributed by atoms with E-state index in [9.17, 15) is 23.2 Å². The Bertz CT molecular complexity index is 1300. The van der Waals surface area contributed by atoms with E-state index in [0.717, 1.165) is 18.9 Å². The summed E-state index contributed by atoms with van der Waals surface area (Å²) in [4.78, 5) is 39.8. The zero-order valence-electron chi connectivity index (χ0n) is 21.2. The minimum Gasteiger partial charge on any atom is -0.496 e. The topological polar surface area (TPSA) is 91.0 Å². The van der Waals surface area contributed by atoms with Crippen LogP contribution in [0.2, 0.25) is 0 Å². The number of piperidine rings is 2. The lowest BCUT2D eigenvalue weighted by Gasteiger charge is -2.55. The fourth-order valence-corrected chi connectivity index (χ4v) is 5.55. The predicted molar refractivity (Wildman–Crippen MR) is 134 cm³/mol. The summed E-state index contributed by atoms with van der Waals surface area (Å²) in [6.07, 6.45) is 1.78. The van der Waals surface area contributed by atoms with E-state index in [0.29, 0.717) is 31.9 Å². The van der Waals surface area contributed by atoms with Crippen LogP contribution in [-0.2, 0) is 9.59 Å². The summed E-state index contributed by atoms with van der Waals surface area (Å²) in [7, 11) is 1.38. The Morgan fingerprint density at radius 1 is 1.05 bits per heavy atom. The molecule has 0 aliphatic carbocycles. The second kappa shape index (κ2) is 9.85. The van der Waals surface area contributed by atoms with Crippen LogP contribution in [0, 0.1) is 29.8 Å². The maximum absolute atomic E-state index is 15.2. The van der Waals surface area contributed by atoms with Crippen LogP contribution in [0.25, 0.3) is 0 Å². The number of aryl methyl sites for hydroxylation is 1. The molecule has 1 spiro atoms. The zero-order chi connectivity index (χ0) is 27.2. The summed E-state index contributed by atoms with van der Waals surface area (Å²) < 4.78 is 49.0. The van der Waals surface area contributed by atoms with Crippen molar-refractivity contribution in [2.75, 3.05) is 43.1 Å². The molecular formula is C27H29F3N4O4. The molecule has 1 unspecified atom stereocenters. The molecule has 0 bridgehead atoms. The van der Waals surface area contributed by atoms with Crippen molar-refractivity contribution in [3.8, 4) is 5.75 Å². The molecule has 202 valence electrons. The smallest absolute Gasteiger partial charge is 0.255 e. The number of rotatable bonds is 5. The lowest BCUT2D eigenvalue weighted by Crippen LogP contribution is -2.60. The lowest BCUT2D eigenvalue weighted by molar-refractivity contribution is -0.134. The number of carbonyl (C=O) groups excluding carboxylic acids is 3. The number of hydrogen-bond donors (Lipinski definition) is 2. The summed E-state index contributed by atoms with van der Waals surface area (Å²) in [5.41, 5.74) is 0.735. The molecule has 3 aliphatic heterocycles. The van der Waals surface area contributed by atoms with E-state index >= 15 is 4.39 Å². The van der Waals surface area contributed by atoms with Crippen LogP contribution in [0.1, 0.15) is 41.6 Å². The highest BCUT2D eigenvalue weighted by Crippen LogP contribution is 2.45. The summed E-state index contributed by atoms with van der Waals surface area (Å²) >= 11 is 0. The van der Waals surface area contributed by atoms with Crippen molar-refractivity contribution in [2.45, 2.75) is 38.6 Å². The molecule has 0 aromatic heterocycles. The molecule has 3 fully saturated rings. The highest BCUT2D eigenvalue weighted by Gasteiger charge is 2.46.